The second-order valence-corrected chi connectivity index (χ2v) is 6.25. The van der Waals surface area contributed by atoms with E-state index >= 15 is 0 Å². The number of carboxylic acid groups (broad SMARTS) is 1. The van der Waals surface area contributed by atoms with Crippen LogP contribution in [0.15, 0.2) is 24.3 Å². The van der Waals surface area contributed by atoms with Crippen molar-refractivity contribution in [1.82, 2.24) is 4.90 Å². The molecule has 1 aromatic rings. The van der Waals surface area contributed by atoms with Gasteiger partial charge in [-0.3, -0.25) is 9.69 Å². The van der Waals surface area contributed by atoms with E-state index in [2.05, 4.69) is 0 Å². The number of urea groups is 1. The van der Waals surface area contributed by atoms with E-state index in [1.807, 2.05) is 0 Å². The van der Waals surface area contributed by atoms with E-state index in [0.29, 0.717) is 18.7 Å². The van der Waals surface area contributed by atoms with Crippen molar-refractivity contribution in [3.8, 4) is 0 Å². The molecule has 2 fully saturated rings. The Morgan fingerprint density at radius 3 is 2.64 bits per heavy atom. The number of benzene rings is 1. The topological polar surface area (TPSA) is 60.9 Å². The van der Waals surface area contributed by atoms with Gasteiger partial charge >= 0.3 is 12.0 Å². The van der Waals surface area contributed by atoms with Crippen LogP contribution in [-0.4, -0.2) is 42.1 Å². The summed E-state index contributed by atoms with van der Waals surface area (Å²) >= 11 is 0. The number of nitrogens with zero attached hydrogens (tertiary/aromatic N) is 2. The maximum atomic E-state index is 13.0. The zero-order valence-corrected chi connectivity index (χ0v) is 12.5. The lowest BCUT2D eigenvalue weighted by Gasteiger charge is -2.27. The molecular formula is C16H19FN2O3. The first kappa shape index (κ1) is 14.8. The monoisotopic (exact) mass is 306 g/mol. The Kier molecular flexibility index (Phi) is 3.54. The summed E-state index contributed by atoms with van der Waals surface area (Å²) in [4.78, 5) is 27.3. The van der Waals surface area contributed by atoms with Gasteiger partial charge in [-0.2, -0.15) is 0 Å². The van der Waals surface area contributed by atoms with Crippen LogP contribution in [-0.2, 0) is 4.79 Å². The van der Waals surface area contributed by atoms with Gasteiger partial charge < -0.3 is 10.0 Å². The van der Waals surface area contributed by atoms with Gasteiger partial charge in [-0.05, 0) is 43.0 Å². The van der Waals surface area contributed by atoms with Crippen molar-refractivity contribution in [3.63, 3.8) is 0 Å². The van der Waals surface area contributed by atoms with E-state index in [0.717, 1.165) is 12.8 Å². The van der Waals surface area contributed by atoms with Crippen LogP contribution >= 0.6 is 0 Å². The highest BCUT2D eigenvalue weighted by Gasteiger charge is 2.56. The average molecular weight is 306 g/mol. The quantitative estimate of drug-likeness (QED) is 0.913. The molecule has 2 atom stereocenters. The van der Waals surface area contributed by atoms with Crippen LogP contribution in [0.3, 0.4) is 0 Å². The van der Waals surface area contributed by atoms with E-state index in [1.54, 1.807) is 11.9 Å². The predicted molar refractivity (Wildman–Crippen MR) is 79.2 cm³/mol. The third-order valence-corrected chi connectivity index (χ3v) is 5.07. The summed E-state index contributed by atoms with van der Waals surface area (Å²) in [6, 6.07) is 5.45. The van der Waals surface area contributed by atoms with Gasteiger partial charge in [0.05, 0.1) is 5.41 Å². The number of carboxylic acids is 1. The van der Waals surface area contributed by atoms with Crippen molar-refractivity contribution in [3.05, 3.63) is 30.1 Å². The SMILES string of the molecule is CN(C(=O)N1C[C@@H]2CCC[C@@]2(C(=O)O)C1)c1ccc(F)cc1. The highest BCUT2D eigenvalue weighted by atomic mass is 19.1. The zero-order valence-electron chi connectivity index (χ0n) is 12.5. The van der Waals surface area contributed by atoms with Crippen LogP contribution in [0, 0.1) is 17.2 Å². The maximum Gasteiger partial charge on any atom is 0.324 e. The number of carbonyl (C=O) groups excluding carboxylic acids is 1. The third-order valence-electron chi connectivity index (χ3n) is 5.07. The van der Waals surface area contributed by atoms with Crippen molar-refractivity contribution in [2.45, 2.75) is 19.3 Å². The minimum atomic E-state index is -0.797. The molecule has 0 spiro atoms. The molecule has 0 radical (unpaired) electrons. The Bertz CT molecular complexity index is 604. The lowest BCUT2D eigenvalue weighted by molar-refractivity contribution is -0.149. The van der Waals surface area contributed by atoms with Gasteiger partial charge in [0.2, 0.25) is 0 Å². The van der Waals surface area contributed by atoms with Gasteiger partial charge in [-0.1, -0.05) is 6.42 Å². The molecule has 118 valence electrons. The van der Waals surface area contributed by atoms with Gasteiger partial charge in [-0.15, -0.1) is 0 Å². The number of halogens is 1. The zero-order chi connectivity index (χ0) is 15.9. The van der Waals surface area contributed by atoms with E-state index < -0.39 is 11.4 Å². The molecule has 2 aliphatic rings. The second-order valence-electron chi connectivity index (χ2n) is 6.25. The fourth-order valence-electron chi connectivity index (χ4n) is 3.77. The molecular weight excluding hydrogens is 287 g/mol. The van der Waals surface area contributed by atoms with E-state index in [9.17, 15) is 19.1 Å². The highest BCUT2D eigenvalue weighted by molar-refractivity contribution is 5.92. The molecule has 1 N–H and O–H groups in total. The molecule has 1 aliphatic heterocycles. The highest BCUT2D eigenvalue weighted by Crippen LogP contribution is 2.49. The lowest BCUT2D eigenvalue weighted by Crippen LogP contribution is -2.42. The summed E-state index contributed by atoms with van der Waals surface area (Å²) < 4.78 is 13.0. The molecule has 1 saturated carbocycles. The van der Waals surface area contributed by atoms with Crippen molar-refractivity contribution in [2.24, 2.45) is 11.3 Å². The molecule has 1 aliphatic carbocycles. The molecule has 0 unspecified atom stereocenters. The largest absolute Gasteiger partial charge is 0.481 e. The van der Waals surface area contributed by atoms with Crippen LogP contribution < -0.4 is 4.90 Å². The Morgan fingerprint density at radius 1 is 1.36 bits per heavy atom. The molecule has 22 heavy (non-hydrogen) atoms. The van der Waals surface area contributed by atoms with E-state index in [4.69, 9.17) is 0 Å². The fraction of sp³-hybridized carbons (Fsp3) is 0.500. The van der Waals surface area contributed by atoms with Crippen LogP contribution in [0.5, 0.6) is 0 Å². The summed E-state index contributed by atoms with van der Waals surface area (Å²) in [6.45, 7) is 0.744. The normalized spacial score (nSPS) is 26.8. The molecule has 2 amide bonds. The first-order valence-electron chi connectivity index (χ1n) is 7.45. The number of likely N-dealkylation sites (tertiary alicyclic amines) is 1. The Labute approximate surface area is 128 Å². The summed E-state index contributed by atoms with van der Waals surface area (Å²) in [7, 11) is 1.62. The van der Waals surface area contributed by atoms with Gasteiger partial charge in [0, 0.05) is 25.8 Å². The summed E-state index contributed by atoms with van der Waals surface area (Å²) in [5.74, 6) is -1.12. The van der Waals surface area contributed by atoms with Crippen molar-refractivity contribution < 1.29 is 19.1 Å². The van der Waals surface area contributed by atoms with E-state index in [-0.39, 0.29) is 24.3 Å². The Morgan fingerprint density at radius 2 is 2.05 bits per heavy atom. The number of amides is 2. The van der Waals surface area contributed by atoms with Gasteiger partial charge in [0.1, 0.15) is 5.82 Å². The number of anilines is 1. The average Bonchev–Trinajstić information content (AvgIpc) is 3.04. The number of fused-ring (bicyclic) bond motifs is 1. The fourth-order valence-corrected chi connectivity index (χ4v) is 3.77. The molecule has 5 nitrogen and oxygen atoms in total. The van der Waals surface area contributed by atoms with Gasteiger partial charge in [0.15, 0.2) is 0 Å². The van der Waals surface area contributed by atoms with Crippen LogP contribution in [0.4, 0.5) is 14.9 Å². The number of aliphatic carboxylic acids is 1. The molecule has 0 aromatic heterocycles. The minimum Gasteiger partial charge on any atom is -0.481 e. The summed E-state index contributed by atoms with van der Waals surface area (Å²) in [6.07, 6.45) is 2.40. The van der Waals surface area contributed by atoms with Crippen molar-refractivity contribution >= 4 is 17.7 Å². The summed E-state index contributed by atoms with van der Waals surface area (Å²) in [5, 5.41) is 9.57. The lowest BCUT2D eigenvalue weighted by atomic mass is 9.81. The van der Waals surface area contributed by atoms with Crippen LogP contribution in [0.25, 0.3) is 0 Å². The Hall–Kier alpha value is -2.11. The molecule has 1 saturated heterocycles. The van der Waals surface area contributed by atoms with Gasteiger partial charge in [0.25, 0.3) is 0 Å². The second kappa shape index (κ2) is 5.26. The number of carbonyl (C=O) groups is 2. The van der Waals surface area contributed by atoms with E-state index in [1.165, 1.54) is 29.2 Å². The van der Waals surface area contributed by atoms with Crippen LogP contribution in [0.2, 0.25) is 0 Å². The number of hydrogen-bond acceptors (Lipinski definition) is 2. The first-order chi connectivity index (χ1) is 10.4. The molecule has 1 heterocycles. The summed E-state index contributed by atoms with van der Waals surface area (Å²) in [5.41, 5.74) is -0.188. The maximum absolute atomic E-state index is 13.0. The molecule has 0 bridgehead atoms. The Balaban J connectivity index is 1.76. The first-order valence-corrected chi connectivity index (χ1v) is 7.45. The van der Waals surface area contributed by atoms with Crippen molar-refractivity contribution in [1.29, 1.82) is 0 Å². The van der Waals surface area contributed by atoms with Gasteiger partial charge in [-0.25, -0.2) is 9.18 Å². The minimum absolute atomic E-state index is 0.0376. The predicted octanol–water partition coefficient (Wildman–Crippen LogP) is 2.57. The molecule has 1 aromatic carbocycles. The molecule has 6 heteroatoms. The van der Waals surface area contributed by atoms with Crippen molar-refractivity contribution in [2.75, 3.05) is 25.0 Å². The standard InChI is InChI=1S/C16H19FN2O3/c1-18(13-6-4-12(17)5-7-13)15(22)19-9-11-3-2-8-16(11,10-19)14(20)21/h4-7,11H,2-3,8-10H2,1H3,(H,20,21)/t11-,16+/m0/s1. The van der Waals surface area contributed by atoms with Crippen LogP contribution in [0.1, 0.15) is 19.3 Å². The number of rotatable bonds is 2. The number of hydrogen-bond donors (Lipinski definition) is 1. The molecule has 3 rings (SSSR count). The third kappa shape index (κ3) is 2.23. The smallest absolute Gasteiger partial charge is 0.324 e.